The highest BCUT2D eigenvalue weighted by Crippen LogP contribution is 2.31. The third-order valence-corrected chi connectivity index (χ3v) is 3.52. The van der Waals surface area contributed by atoms with Crippen LogP contribution < -0.4 is 20.5 Å². The molecule has 0 aliphatic rings. The molecule has 128 valence electrons. The van der Waals surface area contributed by atoms with Crippen LogP contribution in [-0.4, -0.2) is 37.7 Å². The van der Waals surface area contributed by atoms with E-state index >= 15 is 0 Å². The zero-order chi connectivity index (χ0) is 16.1. The van der Waals surface area contributed by atoms with Crippen LogP contribution in [0.3, 0.4) is 0 Å². The molecule has 4 N–H and O–H groups in total. The summed E-state index contributed by atoms with van der Waals surface area (Å²) in [7, 11) is 3.27. The second kappa shape index (κ2) is 8.64. The number of aromatic amines is 1. The van der Waals surface area contributed by atoms with Gasteiger partial charge in [0, 0.05) is 29.8 Å². The quantitative estimate of drug-likeness (QED) is 0.672. The van der Waals surface area contributed by atoms with E-state index in [1.54, 1.807) is 21.1 Å². The monoisotopic (exact) mass is 341 g/mol. The topological polar surface area (TPSA) is 89.4 Å². The SMILES string of the molecule is COc1cc(OC)c2cc(CCCNC(=O)[C@H](C)N)[nH]c2c1.Cl. The predicted octanol–water partition coefficient (Wildman–Crippen LogP) is 2.00. The van der Waals surface area contributed by atoms with Crippen LogP contribution in [0.2, 0.25) is 0 Å². The molecule has 0 radical (unpaired) electrons. The number of fused-ring (bicyclic) bond motifs is 1. The first-order valence-electron chi connectivity index (χ1n) is 7.32. The average molecular weight is 342 g/mol. The van der Waals surface area contributed by atoms with Gasteiger partial charge in [-0.05, 0) is 25.8 Å². The van der Waals surface area contributed by atoms with Gasteiger partial charge < -0.3 is 25.5 Å². The van der Waals surface area contributed by atoms with Crippen LogP contribution in [0, 0.1) is 0 Å². The Morgan fingerprint density at radius 2 is 2.04 bits per heavy atom. The summed E-state index contributed by atoms with van der Waals surface area (Å²) in [6.45, 7) is 2.28. The number of methoxy groups -OCH3 is 2. The van der Waals surface area contributed by atoms with E-state index in [1.165, 1.54) is 0 Å². The number of H-pyrrole nitrogens is 1. The number of halogens is 1. The first kappa shape index (κ1) is 19.1. The highest BCUT2D eigenvalue weighted by atomic mass is 35.5. The molecular formula is C16H24ClN3O3. The summed E-state index contributed by atoms with van der Waals surface area (Å²) in [5, 5.41) is 3.83. The van der Waals surface area contributed by atoms with Crippen molar-refractivity contribution in [1.29, 1.82) is 0 Å². The molecule has 0 aliphatic heterocycles. The van der Waals surface area contributed by atoms with Gasteiger partial charge in [0.25, 0.3) is 0 Å². The minimum Gasteiger partial charge on any atom is -0.497 e. The number of carbonyl (C=O) groups is 1. The Morgan fingerprint density at radius 1 is 1.30 bits per heavy atom. The standard InChI is InChI=1S/C16H23N3O3.ClH/c1-10(17)16(20)18-6-4-5-11-7-13-14(19-11)8-12(21-2)9-15(13)22-3;/h7-10,19H,4-6,17H2,1-3H3,(H,18,20);1H/t10-;/m0./s1. The minimum absolute atomic E-state index is 0. The van der Waals surface area contributed by atoms with Gasteiger partial charge in [0.2, 0.25) is 5.91 Å². The lowest BCUT2D eigenvalue weighted by Gasteiger charge is -2.06. The molecule has 2 rings (SSSR count). The average Bonchev–Trinajstić information content (AvgIpc) is 2.92. The Labute approximate surface area is 142 Å². The molecule has 23 heavy (non-hydrogen) atoms. The van der Waals surface area contributed by atoms with Gasteiger partial charge in [-0.1, -0.05) is 0 Å². The summed E-state index contributed by atoms with van der Waals surface area (Å²) in [5.74, 6) is 1.41. The summed E-state index contributed by atoms with van der Waals surface area (Å²) in [6, 6.07) is 5.41. The van der Waals surface area contributed by atoms with Crippen LogP contribution in [0.4, 0.5) is 0 Å². The molecule has 1 heterocycles. The number of hydrogen-bond acceptors (Lipinski definition) is 4. The van der Waals surface area contributed by atoms with Gasteiger partial charge in [-0.2, -0.15) is 0 Å². The lowest BCUT2D eigenvalue weighted by Crippen LogP contribution is -2.38. The van der Waals surface area contributed by atoms with Gasteiger partial charge in [-0.25, -0.2) is 0 Å². The smallest absolute Gasteiger partial charge is 0.236 e. The number of hydrogen-bond donors (Lipinski definition) is 3. The van der Waals surface area contributed by atoms with Crippen molar-refractivity contribution in [2.24, 2.45) is 5.73 Å². The maximum Gasteiger partial charge on any atom is 0.236 e. The van der Waals surface area contributed by atoms with Gasteiger partial charge >= 0.3 is 0 Å². The first-order valence-corrected chi connectivity index (χ1v) is 7.32. The molecule has 1 aromatic carbocycles. The molecule has 2 aromatic rings. The second-order valence-electron chi connectivity index (χ2n) is 5.27. The van der Waals surface area contributed by atoms with E-state index in [9.17, 15) is 4.79 Å². The number of amides is 1. The van der Waals surface area contributed by atoms with Gasteiger partial charge in [0.05, 0.1) is 25.8 Å². The summed E-state index contributed by atoms with van der Waals surface area (Å²) in [6.07, 6.45) is 1.67. The van der Waals surface area contributed by atoms with Gasteiger partial charge in [0.15, 0.2) is 0 Å². The van der Waals surface area contributed by atoms with Crippen molar-refractivity contribution >= 4 is 29.2 Å². The lowest BCUT2D eigenvalue weighted by atomic mass is 10.2. The third kappa shape index (κ3) is 4.77. The molecule has 7 heteroatoms. The Bertz CT molecular complexity index is 655. The molecule has 0 spiro atoms. The molecule has 0 bridgehead atoms. The second-order valence-corrected chi connectivity index (χ2v) is 5.27. The number of nitrogens with one attached hydrogen (secondary N) is 2. The third-order valence-electron chi connectivity index (χ3n) is 3.52. The fraction of sp³-hybridized carbons (Fsp3) is 0.438. The highest BCUT2D eigenvalue weighted by Gasteiger charge is 2.09. The van der Waals surface area contributed by atoms with Crippen LogP contribution in [-0.2, 0) is 11.2 Å². The molecule has 1 atom stereocenters. The normalized spacial score (nSPS) is 11.7. The highest BCUT2D eigenvalue weighted by molar-refractivity contribution is 5.88. The van der Waals surface area contributed by atoms with Crippen molar-refractivity contribution in [3.8, 4) is 11.5 Å². The van der Waals surface area contributed by atoms with E-state index < -0.39 is 6.04 Å². The van der Waals surface area contributed by atoms with E-state index in [0.717, 1.165) is 40.9 Å². The van der Waals surface area contributed by atoms with Gasteiger partial charge in [0.1, 0.15) is 11.5 Å². The predicted molar refractivity (Wildman–Crippen MR) is 93.6 cm³/mol. The Morgan fingerprint density at radius 3 is 2.65 bits per heavy atom. The molecular weight excluding hydrogens is 318 g/mol. The minimum atomic E-state index is -0.468. The molecule has 0 saturated heterocycles. The van der Waals surface area contributed by atoms with Crippen LogP contribution in [0.15, 0.2) is 18.2 Å². The van der Waals surface area contributed by atoms with Gasteiger partial charge in [-0.15, -0.1) is 12.4 Å². The Hall–Kier alpha value is -1.92. The van der Waals surface area contributed by atoms with Crippen LogP contribution >= 0.6 is 12.4 Å². The van der Waals surface area contributed by atoms with Crippen molar-refractivity contribution in [1.82, 2.24) is 10.3 Å². The molecule has 6 nitrogen and oxygen atoms in total. The molecule has 1 amide bonds. The number of aryl methyl sites for hydroxylation is 1. The number of nitrogens with two attached hydrogens (primary N) is 1. The number of rotatable bonds is 7. The molecule has 0 fully saturated rings. The van der Waals surface area contributed by atoms with Crippen LogP contribution in [0.1, 0.15) is 19.0 Å². The summed E-state index contributed by atoms with van der Waals surface area (Å²) >= 11 is 0. The molecule has 0 unspecified atom stereocenters. The fourth-order valence-electron chi connectivity index (χ4n) is 2.31. The van der Waals surface area contributed by atoms with E-state index in [1.807, 2.05) is 12.1 Å². The first-order chi connectivity index (χ1) is 10.5. The maximum atomic E-state index is 11.4. The van der Waals surface area contributed by atoms with Crippen molar-refractivity contribution in [3.63, 3.8) is 0 Å². The van der Waals surface area contributed by atoms with Crippen molar-refractivity contribution in [2.45, 2.75) is 25.8 Å². The van der Waals surface area contributed by atoms with E-state index in [0.29, 0.717) is 6.54 Å². The summed E-state index contributed by atoms with van der Waals surface area (Å²) < 4.78 is 10.7. The number of carbonyl (C=O) groups excluding carboxylic acids is 1. The largest absolute Gasteiger partial charge is 0.497 e. The maximum absolute atomic E-state index is 11.4. The van der Waals surface area contributed by atoms with E-state index in [4.69, 9.17) is 15.2 Å². The van der Waals surface area contributed by atoms with E-state index in [2.05, 4.69) is 16.4 Å². The van der Waals surface area contributed by atoms with Crippen molar-refractivity contribution in [2.75, 3.05) is 20.8 Å². The zero-order valence-electron chi connectivity index (χ0n) is 13.6. The van der Waals surface area contributed by atoms with Crippen LogP contribution in [0.5, 0.6) is 11.5 Å². The summed E-state index contributed by atoms with van der Waals surface area (Å²) in [5.41, 5.74) is 7.57. The Kier molecular flexibility index (Phi) is 7.19. The lowest BCUT2D eigenvalue weighted by molar-refractivity contribution is -0.121. The molecule has 1 aromatic heterocycles. The zero-order valence-corrected chi connectivity index (χ0v) is 14.5. The number of aromatic nitrogens is 1. The van der Waals surface area contributed by atoms with Gasteiger partial charge in [-0.3, -0.25) is 4.79 Å². The van der Waals surface area contributed by atoms with Crippen LogP contribution in [0.25, 0.3) is 10.9 Å². The summed E-state index contributed by atoms with van der Waals surface area (Å²) in [4.78, 5) is 14.7. The van der Waals surface area contributed by atoms with Crippen molar-refractivity contribution in [3.05, 3.63) is 23.9 Å². The number of ether oxygens (including phenoxy) is 2. The van der Waals surface area contributed by atoms with E-state index in [-0.39, 0.29) is 18.3 Å². The number of benzene rings is 1. The Balaban J connectivity index is 0.00000264. The van der Waals surface area contributed by atoms with Crippen molar-refractivity contribution < 1.29 is 14.3 Å². The molecule has 0 saturated carbocycles. The fourth-order valence-corrected chi connectivity index (χ4v) is 2.31. The molecule has 0 aliphatic carbocycles.